The first-order chi connectivity index (χ1) is 12.8. The molecule has 0 unspecified atom stereocenters. The van der Waals surface area contributed by atoms with E-state index in [0.717, 1.165) is 15.7 Å². The minimum Gasteiger partial charge on any atom is -0.356 e. The molecular weight excluding hydrogens is 382 g/mol. The van der Waals surface area contributed by atoms with Crippen molar-refractivity contribution >= 4 is 40.1 Å². The minimum absolute atomic E-state index is 0.0288. The number of ketones is 2. The average molecular weight is 408 g/mol. The molecule has 2 aromatic heterocycles. The van der Waals surface area contributed by atoms with E-state index < -0.39 is 5.92 Å². The van der Waals surface area contributed by atoms with E-state index in [4.69, 9.17) is 0 Å². The van der Waals surface area contributed by atoms with Crippen LogP contribution in [0, 0.1) is 18.8 Å². The van der Waals surface area contributed by atoms with Crippen molar-refractivity contribution in [2.24, 2.45) is 11.8 Å². The van der Waals surface area contributed by atoms with E-state index in [-0.39, 0.29) is 29.8 Å². The Morgan fingerprint density at radius 2 is 1.89 bits per heavy atom. The topological polar surface area (TPSA) is 89.0 Å². The van der Waals surface area contributed by atoms with Crippen molar-refractivity contribution < 1.29 is 14.4 Å². The lowest BCUT2D eigenvalue weighted by atomic mass is 9.89. The van der Waals surface area contributed by atoms with Crippen LogP contribution in [0.2, 0.25) is 0 Å². The van der Waals surface area contributed by atoms with Crippen molar-refractivity contribution in [3.63, 3.8) is 0 Å². The summed E-state index contributed by atoms with van der Waals surface area (Å²) in [6.07, 6.45) is 1.18. The predicted octanol–water partition coefficient (Wildman–Crippen LogP) is 3.91. The highest BCUT2D eigenvalue weighted by molar-refractivity contribution is 7.14. The Labute approximate surface area is 167 Å². The molecule has 2 rings (SSSR count). The molecule has 1 amide bonds. The number of nitrogens with one attached hydrogen (secondary N) is 1. The third-order valence-electron chi connectivity index (χ3n) is 4.18. The molecule has 0 aliphatic heterocycles. The maximum atomic E-state index is 12.6. The SMILES string of the molecule is CC(=O)CCCNC(=O)[C@@H](CC(=O)c1csc(-c2csc(C)n2)n1)C(C)C. The maximum absolute atomic E-state index is 12.6. The second kappa shape index (κ2) is 9.85. The number of thiazole rings is 2. The smallest absolute Gasteiger partial charge is 0.223 e. The number of hydrogen-bond donors (Lipinski definition) is 1. The van der Waals surface area contributed by atoms with Gasteiger partial charge in [-0.2, -0.15) is 0 Å². The Morgan fingerprint density at radius 3 is 2.48 bits per heavy atom. The first kappa shape index (κ1) is 21.4. The minimum atomic E-state index is -0.415. The molecule has 0 aliphatic carbocycles. The van der Waals surface area contributed by atoms with Gasteiger partial charge in [0.05, 0.1) is 5.01 Å². The molecule has 1 atom stereocenters. The third-order valence-corrected chi connectivity index (χ3v) is 5.82. The van der Waals surface area contributed by atoms with E-state index in [1.807, 2.05) is 26.2 Å². The van der Waals surface area contributed by atoms with Gasteiger partial charge < -0.3 is 10.1 Å². The molecule has 8 heteroatoms. The highest BCUT2D eigenvalue weighted by Gasteiger charge is 2.26. The number of rotatable bonds is 10. The van der Waals surface area contributed by atoms with E-state index in [0.29, 0.717) is 25.1 Å². The molecule has 0 aliphatic rings. The molecule has 0 bridgehead atoms. The van der Waals surface area contributed by atoms with Gasteiger partial charge in [0.2, 0.25) is 5.91 Å². The quantitative estimate of drug-likeness (QED) is 0.476. The van der Waals surface area contributed by atoms with Crippen molar-refractivity contribution in [3.05, 3.63) is 21.5 Å². The van der Waals surface area contributed by atoms with Crippen molar-refractivity contribution in [3.8, 4) is 10.7 Å². The molecular formula is C19H25N3O3S2. The zero-order valence-electron chi connectivity index (χ0n) is 16.1. The monoisotopic (exact) mass is 407 g/mol. The van der Waals surface area contributed by atoms with Gasteiger partial charge in [-0.3, -0.25) is 9.59 Å². The van der Waals surface area contributed by atoms with Crippen LogP contribution in [-0.2, 0) is 9.59 Å². The van der Waals surface area contributed by atoms with Gasteiger partial charge >= 0.3 is 0 Å². The summed E-state index contributed by atoms with van der Waals surface area (Å²) in [6, 6.07) is 0. The van der Waals surface area contributed by atoms with E-state index in [9.17, 15) is 14.4 Å². The van der Waals surface area contributed by atoms with Gasteiger partial charge in [0, 0.05) is 36.1 Å². The molecule has 146 valence electrons. The number of carbonyl (C=O) groups excluding carboxylic acids is 3. The second-order valence-electron chi connectivity index (χ2n) is 6.86. The second-order valence-corrected chi connectivity index (χ2v) is 8.78. The van der Waals surface area contributed by atoms with Gasteiger partial charge in [0.15, 0.2) is 5.78 Å². The summed E-state index contributed by atoms with van der Waals surface area (Å²) in [7, 11) is 0. The summed E-state index contributed by atoms with van der Waals surface area (Å²) in [5, 5.41) is 8.17. The Hall–Kier alpha value is -1.93. The summed E-state index contributed by atoms with van der Waals surface area (Å²) in [5.74, 6) is -0.563. The number of aryl methyl sites for hydroxylation is 1. The summed E-state index contributed by atoms with van der Waals surface area (Å²) >= 11 is 2.93. The average Bonchev–Trinajstić information content (AvgIpc) is 3.24. The number of nitrogens with zero attached hydrogens (tertiary/aromatic N) is 2. The lowest BCUT2D eigenvalue weighted by Crippen LogP contribution is -2.35. The van der Waals surface area contributed by atoms with E-state index in [1.54, 1.807) is 16.7 Å². The predicted molar refractivity (Wildman–Crippen MR) is 108 cm³/mol. The van der Waals surface area contributed by atoms with Crippen LogP contribution in [0.5, 0.6) is 0 Å². The Balaban J connectivity index is 1.97. The molecule has 6 nitrogen and oxygen atoms in total. The van der Waals surface area contributed by atoms with Crippen LogP contribution in [-0.4, -0.2) is 34.0 Å². The lowest BCUT2D eigenvalue weighted by Gasteiger charge is -2.19. The number of amides is 1. The van der Waals surface area contributed by atoms with Gasteiger partial charge in [-0.15, -0.1) is 22.7 Å². The van der Waals surface area contributed by atoms with Crippen LogP contribution in [0.4, 0.5) is 0 Å². The van der Waals surface area contributed by atoms with Gasteiger partial charge in [-0.05, 0) is 26.2 Å². The first-order valence-corrected chi connectivity index (χ1v) is 10.7. The molecule has 0 radical (unpaired) electrons. The Kier molecular flexibility index (Phi) is 7.79. The van der Waals surface area contributed by atoms with E-state index in [2.05, 4.69) is 15.3 Å². The number of carbonyl (C=O) groups is 3. The fourth-order valence-electron chi connectivity index (χ4n) is 2.60. The number of Topliss-reactive ketones (excluding diaryl/α,β-unsaturated/α-hetero) is 2. The van der Waals surface area contributed by atoms with Crippen LogP contribution >= 0.6 is 22.7 Å². The molecule has 1 N–H and O–H groups in total. The van der Waals surface area contributed by atoms with Crippen LogP contribution in [0.1, 0.15) is 55.5 Å². The highest BCUT2D eigenvalue weighted by atomic mass is 32.1. The van der Waals surface area contributed by atoms with Crippen molar-refractivity contribution in [2.75, 3.05) is 6.54 Å². The van der Waals surface area contributed by atoms with Gasteiger partial charge in [-0.1, -0.05) is 13.8 Å². The zero-order chi connectivity index (χ0) is 20.0. The Morgan fingerprint density at radius 1 is 1.15 bits per heavy atom. The molecule has 27 heavy (non-hydrogen) atoms. The molecule has 2 aromatic rings. The highest BCUT2D eigenvalue weighted by Crippen LogP contribution is 2.26. The summed E-state index contributed by atoms with van der Waals surface area (Å²) in [4.78, 5) is 44.9. The molecule has 0 fully saturated rings. The Bertz CT molecular complexity index is 811. The van der Waals surface area contributed by atoms with Crippen LogP contribution in [0.15, 0.2) is 10.8 Å². The zero-order valence-corrected chi connectivity index (χ0v) is 17.7. The molecule has 0 saturated carbocycles. The van der Waals surface area contributed by atoms with Crippen molar-refractivity contribution in [2.45, 2.75) is 47.0 Å². The first-order valence-electron chi connectivity index (χ1n) is 8.96. The summed E-state index contributed by atoms with van der Waals surface area (Å²) < 4.78 is 0. The molecule has 0 spiro atoms. The summed E-state index contributed by atoms with van der Waals surface area (Å²) in [6.45, 7) is 7.76. The van der Waals surface area contributed by atoms with Crippen molar-refractivity contribution in [1.29, 1.82) is 0 Å². The normalized spacial score (nSPS) is 12.2. The largest absolute Gasteiger partial charge is 0.356 e. The fourth-order valence-corrected chi connectivity index (χ4v) is 4.05. The molecule has 2 heterocycles. The summed E-state index contributed by atoms with van der Waals surface area (Å²) in [5.41, 5.74) is 1.17. The van der Waals surface area contributed by atoms with Crippen LogP contribution in [0.25, 0.3) is 10.7 Å². The van der Waals surface area contributed by atoms with Gasteiger partial charge in [0.1, 0.15) is 22.2 Å². The van der Waals surface area contributed by atoms with Crippen LogP contribution < -0.4 is 5.32 Å². The number of hydrogen-bond acceptors (Lipinski definition) is 7. The third kappa shape index (κ3) is 6.32. The van der Waals surface area contributed by atoms with E-state index >= 15 is 0 Å². The van der Waals surface area contributed by atoms with Gasteiger partial charge in [0.25, 0.3) is 0 Å². The van der Waals surface area contributed by atoms with E-state index in [1.165, 1.54) is 18.3 Å². The lowest BCUT2D eigenvalue weighted by molar-refractivity contribution is -0.126. The fraction of sp³-hybridized carbons (Fsp3) is 0.526. The van der Waals surface area contributed by atoms with Gasteiger partial charge in [-0.25, -0.2) is 9.97 Å². The van der Waals surface area contributed by atoms with Crippen LogP contribution in [0.3, 0.4) is 0 Å². The maximum Gasteiger partial charge on any atom is 0.223 e. The molecule has 0 saturated heterocycles. The van der Waals surface area contributed by atoms with Crippen molar-refractivity contribution in [1.82, 2.24) is 15.3 Å². The standard InChI is InChI=1S/C19H25N3O3S2/c1-11(2)14(18(25)20-7-5-6-12(3)23)8-17(24)15-9-27-19(22-15)16-10-26-13(4)21-16/h9-11,14H,5-8H2,1-4H3,(H,20,25)/t14-/m0/s1. The number of aromatic nitrogens is 2. The molecule has 0 aromatic carbocycles.